The molecular weight excluding hydrogens is 132 g/mol. The fraction of sp³-hybridized carbons (Fsp3) is 0.0909. The lowest BCUT2D eigenvalue weighted by Gasteiger charge is -1.89. The number of benzene rings is 1. The number of hydrogen-bond donors (Lipinski definition) is 0. The second kappa shape index (κ2) is 2.09. The predicted molar refractivity (Wildman–Crippen MR) is 48.2 cm³/mol. The summed E-state index contributed by atoms with van der Waals surface area (Å²) in [7, 11) is 0. The zero-order chi connectivity index (χ0) is 7.84. The summed E-state index contributed by atoms with van der Waals surface area (Å²) < 4.78 is 0. The standard InChI is InChI=1S/C11H10/c1-8-9(2)11(8)10-6-4-3-5-7-10/h3-7H,1H2,2H3. The van der Waals surface area contributed by atoms with Crippen LogP contribution in [0.1, 0.15) is 12.5 Å². The topological polar surface area (TPSA) is 0 Å². The Morgan fingerprint density at radius 1 is 1.09 bits per heavy atom. The van der Waals surface area contributed by atoms with Gasteiger partial charge in [-0.15, -0.1) is 0 Å². The highest BCUT2D eigenvalue weighted by Crippen LogP contribution is 2.44. The average molecular weight is 142 g/mol. The Hall–Kier alpha value is -1.30. The average Bonchev–Trinajstić information content (AvgIpc) is 2.62. The van der Waals surface area contributed by atoms with Gasteiger partial charge < -0.3 is 0 Å². The molecule has 54 valence electrons. The molecule has 0 nitrogen and oxygen atoms in total. The van der Waals surface area contributed by atoms with Crippen molar-refractivity contribution in [3.05, 3.63) is 53.6 Å². The van der Waals surface area contributed by atoms with Gasteiger partial charge in [-0.3, -0.25) is 0 Å². The molecule has 0 bridgehead atoms. The minimum absolute atomic E-state index is 1.22. The van der Waals surface area contributed by atoms with E-state index in [9.17, 15) is 0 Å². The second-order valence-corrected chi connectivity index (χ2v) is 2.84. The summed E-state index contributed by atoms with van der Waals surface area (Å²) >= 11 is 0. The molecule has 1 aliphatic rings. The highest BCUT2D eigenvalue weighted by molar-refractivity contribution is 6.01. The quantitative estimate of drug-likeness (QED) is 0.565. The normalized spacial score (nSPS) is 15.5. The molecule has 1 aromatic carbocycles. The van der Waals surface area contributed by atoms with Crippen LogP contribution >= 0.6 is 0 Å². The third-order valence-electron chi connectivity index (χ3n) is 2.13. The van der Waals surface area contributed by atoms with Crippen LogP contribution in [-0.2, 0) is 0 Å². The fourth-order valence-corrected chi connectivity index (χ4v) is 1.33. The first-order valence-corrected chi connectivity index (χ1v) is 3.76. The van der Waals surface area contributed by atoms with E-state index in [0.717, 1.165) is 0 Å². The van der Waals surface area contributed by atoms with Crippen LogP contribution in [0.4, 0.5) is 0 Å². The smallest absolute Gasteiger partial charge is 0.00792 e. The molecule has 2 rings (SSSR count). The van der Waals surface area contributed by atoms with Crippen LogP contribution in [-0.4, -0.2) is 0 Å². The molecule has 0 saturated carbocycles. The van der Waals surface area contributed by atoms with E-state index >= 15 is 0 Å². The molecule has 0 radical (unpaired) electrons. The van der Waals surface area contributed by atoms with E-state index in [1.807, 2.05) is 6.07 Å². The van der Waals surface area contributed by atoms with Gasteiger partial charge in [0.25, 0.3) is 0 Å². The fourth-order valence-electron chi connectivity index (χ4n) is 1.33. The molecule has 0 spiro atoms. The van der Waals surface area contributed by atoms with Crippen LogP contribution in [0.25, 0.3) is 5.57 Å². The van der Waals surface area contributed by atoms with Crippen LogP contribution in [0, 0.1) is 0 Å². The van der Waals surface area contributed by atoms with E-state index in [2.05, 4.69) is 37.8 Å². The Balaban J connectivity index is 2.41. The van der Waals surface area contributed by atoms with Crippen molar-refractivity contribution in [2.24, 2.45) is 0 Å². The molecule has 1 aliphatic carbocycles. The van der Waals surface area contributed by atoms with Gasteiger partial charge in [-0.05, 0) is 29.2 Å². The minimum atomic E-state index is 1.22. The Morgan fingerprint density at radius 2 is 1.64 bits per heavy atom. The summed E-state index contributed by atoms with van der Waals surface area (Å²) in [6.45, 7) is 6.05. The second-order valence-electron chi connectivity index (χ2n) is 2.84. The molecule has 0 heteroatoms. The molecular formula is C11H10. The van der Waals surface area contributed by atoms with Crippen LogP contribution in [0.5, 0.6) is 0 Å². The SMILES string of the molecule is C=C1C(C)=C1c1ccccc1. The maximum Gasteiger partial charge on any atom is -0.00792 e. The predicted octanol–water partition coefficient (Wildman–Crippen LogP) is 3.03. The molecule has 0 aromatic heterocycles. The first kappa shape index (κ1) is 6.41. The van der Waals surface area contributed by atoms with Crippen LogP contribution in [0.15, 0.2) is 48.1 Å². The third-order valence-corrected chi connectivity index (χ3v) is 2.13. The number of hydrogen-bond acceptors (Lipinski definition) is 0. The van der Waals surface area contributed by atoms with Gasteiger partial charge in [0.15, 0.2) is 0 Å². The first-order valence-electron chi connectivity index (χ1n) is 3.76. The molecule has 0 N–H and O–H groups in total. The molecule has 1 aromatic rings. The van der Waals surface area contributed by atoms with Gasteiger partial charge in [-0.1, -0.05) is 36.9 Å². The van der Waals surface area contributed by atoms with E-state index < -0.39 is 0 Å². The third kappa shape index (κ3) is 0.911. The van der Waals surface area contributed by atoms with Gasteiger partial charge >= 0.3 is 0 Å². The summed E-state index contributed by atoms with van der Waals surface area (Å²) in [6, 6.07) is 10.4. The van der Waals surface area contributed by atoms with Crippen molar-refractivity contribution in [2.45, 2.75) is 6.92 Å². The molecule has 0 fully saturated rings. The van der Waals surface area contributed by atoms with Crippen molar-refractivity contribution in [2.75, 3.05) is 0 Å². The van der Waals surface area contributed by atoms with Crippen molar-refractivity contribution in [1.82, 2.24) is 0 Å². The van der Waals surface area contributed by atoms with Crippen LogP contribution < -0.4 is 0 Å². The number of allylic oxidation sites excluding steroid dienone is 3. The Bertz CT molecular complexity index is 328. The van der Waals surface area contributed by atoms with E-state index in [1.54, 1.807) is 0 Å². The maximum atomic E-state index is 3.93. The zero-order valence-electron chi connectivity index (χ0n) is 6.59. The highest BCUT2D eigenvalue weighted by Gasteiger charge is 2.23. The van der Waals surface area contributed by atoms with Crippen LogP contribution in [0.2, 0.25) is 0 Å². The summed E-state index contributed by atoms with van der Waals surface area (Å²) in [6.07, 6.45) is 0. The summed E-state index contributed by atoms with van der Waals surface area (Å²) in [4.78, 5) is 0. The van der Waals surface area contributed by atoms with Gasteiger partial charge in [0.2, 0.25) is 0 Å². The summed E-state index contributed by atoms with van der Waals surface area (Å²) in [5.41, 5.74) is 5.23. The van der Waals surface area contributed by atoms with Gasteiger partial charge in [-0.25, -0.2) is 0 Å². The molecule has 0 unspecified atom stereocenters. The molecule has 0 atom stereocenters. The van der Waals surface area contributed by atoms with Gasteiger partial charge in [0.05, 0.1) is 0 Å². The van der Waals surface area contributed by atoms with E-state index in [-0.39, 0.29) is 0 Å². The van der Waals surface area contributed by atoms with Gasteiger partial charge in [0.1, 0.15) is 0 Å². The molecule has 0 aliphatic heterocycles. The highest BCUT2D eigenvalue weighted by atomic mass is 14.3. The zero-order valence-corrected chi connectivity index (χ0v) is 6.59. The Morgan fingerprint density at radius 3 is 2.09 bits per heavy atom. The largest absolute Gasteiger partial charge is 0.0908 e. The van der Waals surface area contributed by atoms with Gasteiger partial charge in [0, 0.05) is 0 Å². The molecule has 0 heterocycles. The molecule has 0 saturated heterocycles. The maximum absolute atomic E-state index is 3.93. The van der Waals surface area contributed by atoms with Crippen molar-refractivity contribution >= 4 is 5.57 Å². The lowest BCUT2D eigenvalue weighted by atomic mass is 10.2. The van der Waals surface area contributed by atoms with Crippen molar-refractivity contribution < 1.29 is 0 Å². The van der Waals surface area contributed by atoms with Crippen LogP contribution in [0.3, 0.4) is 0 Å². The Kier molecular flexibility index (Phi) is 1.22. The number of rotatable bonds is 1. The van der Waals surface area contributed by atoms with E-state index in [4.69, 9.17) is 0 Å². The minimum Gasteiger partial charge on any atom is -0.0908 e. The molecule has 0 amide bonds. The van der Waals surface area contributed by atoms with E-state index in [1.165, 1.54) is 22.3 Å². The van der Waals surface area contributed by atoms with Gasteiger partial charge in [-0.2, -0.15) is 0 Å². The molecule has 11 heavy (non-hydrogen) atoms. The lowest BCUT2D eigenvalue weighted by Crippen LogP contribution is -1.69. The Labute approximate surface area is 66.9 Å². The van der Waals surface area contributed by atoms with E-state index in [0.29, 0.717) is 0 Å². The van der Waals surface area contributed by atoms with Crippen molar-refractivity contribution in [1.29, 1.82) is 0 Å². The monoisotopic (exact) mass is 142 g/mol. The summed E-state index contributed by atoms with van der Waals surface area (Å²) in [5.74, 6) is 0. The van der Waals surface area contributed by atoms with Crippen molar-refractivity contribution in [3.8, 4) is 0 Å². The summed E-state index contributed by atoms with van der Waals surface area (Å²) in [5, 5.41) is 0. The first-order chi connectivity index (χ1) is 5.30. The lowest BCUT2D eigenvalue weighted by molar-refractivity contribution is 1.64. The van der Waals surface area contributed by atoms with Crippen molar-refractivity contribution in [3.63, 3.8) is 0 Å².